The molecule has 1 nitrogen and oxygen atoms in total. The molecule has 1 aromatic rings. The van der Waals surface area contributed by atoms with Crippen LogP contribution in [0.3, 0.4) is 0 Å². The van der Waals surface area contributed by atoms with Gasteiger partial charge in [-0.05, 0) is 55.9 Å². The van der Waals surface area contributed by atoms with Crippen molar-refractivity contribution in [1.29, 1.82) is 5.26 Å². The number of nitrogens with zero attached hydrogens (tertiary/aromatic N) is 1. The van der Waals surface area contributed by atoms with E-state index in [2.05, 4.69) is 13.0 Å². The van der Waals surface area contributed by atoms with E-state index in [4.69, 9.17) is 5.26 Å². The van der Waals surface area contributed by atoms with Gasteiger partial charge in [0.1, 0.15) is 5.82 Å². The van der Waals surface area contributed by atoms with Gasteiger partial charge in [-0.15, -0.1) is 0 Å². The van der Waals surface area contributed by atoms with Crippen LogP contribution in [-0.4, -0.2) is 0 Å². The molecule has 1 atom stereocenters. The van der Waals surface area contributed by atoms with E-state index < -0.39 is 0 Å². The Balaban J connectivity index is 2.28. The largest absolute Gasteiger partial charge is 0.207 e. The third kappa shape index (κ3) is 2.30. The first-order valence-corrected chi connectivity index (χ1v) is 5.55. The molecule has 1 unspecified atom stereocenters. The van der Waals surface area contributed by atoms with E-state index in [1.807, 2.05) is 12.1 Å². The predicted octanol–water partition coefficient (Wildman–Crippen LogP) is 3.91. The Kier molecular flexibility index (Phi) is 3.05. The number of halogens is 1. The Morgan fingerprint density at radius 1 is 1.38 bits per heavy atom. The predicted molar refractivity (Wildman–Crippen MR) is 61.5 cm³/mol. The highest BCUT2D eigenvalue weighted by atomic mass is 19.1. The van der Waals surface area contributed by atoms with E-state index in [1.165, 1.54) is 11.6 Å². The number of benzene rings is 1. The molecule has 0 aliphatic heterocycles. The van der Waals surface area contributed by atoms with E-state index in [0.717, 1.165) is 24.8 Å². The van der Waals surface area contributed by atoms with Crippen molar-refractivity contribution in [3.05, 3.63) is 46.8 Å². The molecule has 0 aromatic heterocycles. The van der Waals surface area contributed by atoms with Crippen LogP contribution >= 0.6 is 0 Å². The van der Waals surface area contributed by atoms with Gasteiger partial charge in [-0.1, -0.05) is 11.6 Å². The van der Waals surface area contributed by atoms with Gasteiger partial charge in [-0.25, -0.2) is 4.39 Å². The SMILES string of the molecule is CC1=CCC(c2cc(F)cc(C#N)c2)CC1. The summed E-state index contributed by atoms with van der Waals surface area (Å²) < 4.78 is 13.3. The average Bonchev–Trinajstić information content (AvgIpc) is 2.29. The number of hydrogen-bond acceptors (Lipinski definition) is 1. The summed E-state index contributed by atoms with van der Waals surface area (Å²) in [7, 11) is 0. The van der Waals surface area contributed by atoms with Crippen molar-refractivity contribution in [2.24, 2.45) is 0 Å². The van der Waals surface area contributed by atoms with Crippen LogP contribution in [0.5, 0.6) is 0 Å². The molecule has 2 rings (SSSR count). The van der Waals surface area contributed by atoms with Crippen LogP contribution in [0.4, 0.5) is 4.39 Å². The zero-order valence-electron chi connectivity index (χ0n) is 9.33. The van der Waals surface area contributed by atoms with Gasteiger partial charge in [0.15, 0.2) is 0 Å². The normalized spacial score (nSPS) is 20.1. The Morgan fingerprint density at radius 2 is 2.19 bits per heavy atom. The van der Waals surface area contributed by atoms with Gasteiger partial charge in [0, 0.05) is 0 Å². The fraction of sp³-hybridized carbons (Fsp3) is 0.357. The van der Waals surface area contributed by atoms with Crippen LogP contribution in [0.25, 0.3) is 0 Å². The van der Waals surface area contributed by atoms with Crippen LogP contribution in [-0.2, 0) is 0 Å². The standard InChI is InChI=1S/C14H14FN/c1-10-2-4-12(5-3-10)13-6-11(9-16)7-14(15)8-13/h2,6-8,12H,3-5H2,1H3. The maximum absolute atomic E-state index is 13.3. The van der Waals surface area contributed by atoms with Crippen molar-refractivity contribution in [2.45, 2.75) is 32.1 Å². The first kappa shape index (κ1) is 10.9. The van der Waals surface area contributed by atoms with Gasteiger partial charge >= 0.3 is 0 Å². The van der Waals surface area contributed by atoms with Crippen LogP contribution in [0.1, 0.15) is 43.2 Å². The highest BCUT2D eigenvalue weighted by Gasteiger charge is 2.15. The fourth-order valence-electron chi connectivity index (χ4n) is 2.18. The molecule has 0 bridgehead atoms. The average molecular weight is 215 g/mol. The van der Waals surface area contributed by atoms with Gasteiger partial charge < -0.3 is 0 Å². The quantitative estimate of drug-likeness (QED) is 0.651. The van der Waals surface area contributed by atoms with Crippen LogP contribution in [0, 0.1) is 17.1 Å². The molecule has 1 aromatic carbocycles. The molecule has 1 aliphatic rings. The molecule has 1 aliphatic carbocycles. The Morgan fingerprint density at radius 3 is 2.81 bits per heavy atom. The lowest BCUT2D eigenvalue weighted by atomic mass is 9.84. The van der Waals surface area contributed by atoms with Crippen molar-refractivity contribution < 1.29 is 4.39 Å². The fourth-order valence-corrected chi connectivity index (χ4v) is 2.18. The topological polar surface area (TPSA) is 23.8 Å². The zero-order valence-corrected chi connectivity index (χ0v) is 9.33. The van der Waals surface area contributed by atoms with Crippen LogP contribution in [0.15, 0.2) is 29.8 Å². The van der Waals surface area contributed by atoms with Crippen LogP contribution < -0.4 is 0 Å². The molecule has 0 spiro atoms. The van der Waals surface area contributed by atoms with Crippen molar-refractivity contribution in [1.82, 2.24) is 0 Å². The molecule has 82 valence electrons. The summed E-state index contributed by atoms with van der Waals surface area (Å²) in [5.41, 5.74) is 2.79. The zero-order chi connectivity index (χ0) is 11.5. The third-order valence-electron chi connectivity index (χ3n) is 3.16. The van der Waals surface area contributed by atoms with E-state index in [1.54, 1.807) is 6.07 Å². The van der Waals surface area contributed by atoms with Gasteiger partial charge in [0.2, 0.25) is 0 Å². The number of nitriles is 1. The van der Waals surface area contributed by atoms with Gasteiger partial charge in [0.05, 0.1) is 11.6 Å². The van der Waals surface area contributed by atoms with E-state index in [-0.39, 0.29) is 5.82 Å². The number of hydrogen-bond donors (Lipinski definition) is 0. The van der Waals surface area contributed by atoms with Crippen molar-refractivity contribution in [3.63, 3.8) is 0 Å². The second kappa shape index (κ2) is 4.49. The molecular weight excluding hydrogens is 201 g/mol. The molecule has 0 radical (unpaired) electrons. The lowest BCUT2D eigenvalue weighted by Crippen LogP contribution is -2.04. The smallest absolute Gasteiger partial charge is 0.124 e. The highest BCUT2D eigenvalue weighted by molar-refractivity contribution is 5.36. The molecule has 0 amide bonds. The molecule has 0 saturated carbocycles. The Labute approximate surface area is 95.2 Å². The molecule has 0 fully saturated rings. The van der Waals surface area contributed by atoms with Crippen molar-refractivity contribution in [3.8, 4) is 6.07 Å². The molecule has 16 heavy (non-hydrogen) atoms. The van der Waals surface area contributed by atoms with E-state index in [9.17, 15) is 4.39 Å². The maximum Gasteiger partial charge on any atom is 0.124 e. The monoisotopic (exact) mass is 215 g/mol. The second-order valence-electron chi connectivity index (χ2n) is 4.41. The minimum absolute atomic E-state index is 0.305. The minimum atomic E-state index is -0.305. The first-order chi connectivity index (χ1) is 7.69. The van der Waals surface area contributed by atoms with Crippen LogP contribution in [0.2, 0.25) is 0 Å². The second-order valence-corrected chi connectivity index (χ2v) is 4.41. The summed E-state index contributed by atoms with van der Waals surface area (Å²) in [6, 6.07) is 6.65. The summed E-state index contributed by atoms with van der Waals surface area (Å²) in [6.45, 7) is 2.13. The summed E-state index contributed by atoms with van der Waals surface area (Å²) in [4.78, 5) is 0. The van der Waals surface area contributed by atoms with Crippen molar-refractivity contribution in [2.75, 3.05) is 0 Å². The van der Waals surface area contributed by atoms with Gasteiger partial charge in [-0.3, -0.25) is 0 Å². The number of allylic oxidation sites excluding steroid dienone is 2. The highest BCUT2D eigenvalue weighted by Crippen LogP contribution is 2.32. The Hall–Kier alpha value is -1.62. The molecule has 0 saturated heterocycles. The lowest BCUT2D eigenvalue weighted by Gasteiger charge is -2.20. The molecule has 0 N–H and O–H groups in total. The first-order valence-electron chi connectivity index (χ1n) is 5.55. The maximum atomic E-state index is 13.3. The van der Waals surface area contributed by atoms with Gasteiger partial charge in [0.25, 0.3) is 0 Å². The lowest BCUT2D eigenvalue weighted by molar-refractivity contribution is 0.584. The molecule has 2 heteroatoms. The van der Waals surface area contributed by atoms with E-state index in [0.29, 0.717) is 11.5 Å². The third-order valence-corrected chi connectivity index (χ3v) is 3.16. The van der Waals surface area contributed by atoms with Crippen molar-refractivity contribution >= 4 is 0 Å². The number of rotatable bonds is 1. The molecule has 0 heterocycles. The summed E-state index contributed by atoms with van der Waals surface area (Å²) in [5, 5.41) is 8.80. The summed E-state index contributed by atoms with van der Waals surface area (Å²) >= 11 is 0. The minimum Gasteiger partial charge on any atom is -0.207 e. The molecular formula is C14H14FN. The van der Waals surface area contributed by atoms with E-state index >= 15 is 0 Å². The Bertz CT molecular complexity index is 468. The summed E-state index contributed by atoms with van der Waals surface area (Å²) in [6.07, 6.45) is 5.30. The van der Waals surface area contributed by atoms with Gasteiger partial charge in [-0.2, -0.15) is 5.26 Å². The summed E-state index contributed by atoms with van der Waals surface area (Å²) in [5.74, 6) is 0.0619.